The van der Waals surface area contributed by atoms with Gasteiger partial charge in [-0.05, 0) is 48.2 Å². The van der Waals surface area contributed by atoms with Gasteiger partial charge in [-0.1, -0.05) is 72.8 Å². The van der Waals surface area contributed by atoms with Gasteiger partial charge in [0.15, 0.2) is 0 Å². The van der Waals surface area contributed by atoms with Crippen LogP contribution >= 0.6 is 0 Å². The van der Waals surface area contributed by atoms with E-state index < -0.39 is 10.0 Å². The highest BCUT2D eigenvalue weighted by atomic mass is 32.2. The lowest BCUT2D eigenvalue weighted by Gasteiger charge is -2.20. The molecule has 2 heterocycles. The van der Waals surface area contributed by atoms with Crippen LogP contribution in [-0.2, 0) is 23.0 Å². The van der Waals surface area contributed by atoms with E-state index in [0.717, 1.165) is 33.5 Å². The third-order valence-electron chi connectivity index (χ3n) is 6.10. The molecular weight excluding hydrogens is 456 g/mol. The Hall–Kier alpha value is -3.81. The van der Waals surface area contributed by atoms with E-state index in [0.29, 0.717) is 13.0 Å². The fraction of sp³-hybridized carbons (Fsp3) is 0.143. The van der Waals surface area contributed by atoms with Gasteiger partial charge in [0.25, 0.3) is 0 Å². The summed E-state index contributed by atoms with van der Waals surface area (Å²) in [6.45, 7) is 2.54. The molecule has 1 N–H and O–H groups in total. The lowest BCUT2D eigenvalue weighted by Crippen LogP contribution is -2.30. The topological polar surface area (TPSA) is 76.9 Å². The van der Waals surface area contributed by atoms with Gasteiger partial charge in [-0.3, -0.25) is 4.98 Å². The van der Waals surface area contributed by atoms with E-state index in [-0.39, 0.29) is 10.9 Å². The summed E-state index contributed by atoms with van der Waals surface area (Å²) < 4.78 is 31.7. The maximum atomic E-state index is 13.3. The number of sulfonamides is 1. The molecule has 2 aromatic heterocycles. The Kier molecular flexibility index (Phi) is 6.44. The van der Waals surface area contributed by atoms with E-state index in [9.17, 15) is 8.42 Å². The molecule has 5 rings (SSSR count). The molecular formula is C28H26N4O2S. The highest BCUT2D eigenvalue weighted by Crippen LogP contribution is 2.23. The second-order valence-corrected chi connectivity index (χ2v) is 10.2. The molecule has 6 nitrogen and oxygen atoms in total. The highest BCUT2D eigenvalue weighted by Gasteiger charge is 2.22. The number of fused-ring (bicyclic) bond motifs is 1. The quantitative estimate of drug-likeness (QED) is 0.336. The van der Waals surface area contributed by atoms with Crippen molar-refractivity contribution in [3.63, 3.8) is 0 Å². The van der Waals surface area contributed by atoms with Crippen LogP contribution < -0.4 is 4.72 Å². The molecule has 1 atom stereocenters. The lowest BCUT2D eigenvalue weighted by molar-refractivity contribution is 0.554. The van der Waals surface area contributed by atoms with Gasteiger partial charge >= 0.3 is 0 Å². The van der Waals surface area contributed by atoms with Crippen molar-refractivity contribution in [3.05, 3.63) is 126 Å². The molecule has 0 spiro atoms. The van der Waals surface area contributed by atoms with Crippen molar-refractivity contribution in [2.45, 2.75) is 30.8 Å². The number of aromatic nitrogens is 3. The third kappa shape index (κ3) is 5.16. The van der Waals surface area contributed by atoms with Gasteiger partial charge in [0.05, 0.1) is 28.2 Å². The van der Waals surface area contributed by atoms with Crippen molar-refractivity contribution in [2.75, 3.05) is 0 Å². The van der Waals surface area contributed by atoms with Crippen LogP contribution in [-0.4, -0.2) is 23.0 Å². The maximum absolute atomic E-state index is 13.3. The van der Waals surface area contributed by atoms with Crippen molar-refractivity contribution in [1.29, 1.82) is 0 Å². The monoisotopic (exact) mass is 482 g/mol. The zero-order chi connectivity index (χ0) is 24.3. The van der Waals surface area contributed by atoms with Gasteiger partial charge in [0.2, 0.25) is 10.0 Å². The molecule has 0 aliphatic rings. The van der Waals surface area contributed by atoms with Gasteiger partial charge in [-0.2, -0.15) is 0 Å². The average molecular weight is 483 g/mol. The molecule has 0 aliphatic carbocycles. The van der Waals surface area contributed by atoms with Gasteiger partial charge < -0.3 is 4.57 Å². The van der Waals surface area contributed by atoms with Crippen molar-refractivity contribution >= 4 is 21.1 Å². The van der Waals surface area contributed by atoms with Crippen LogP contribution in [0.1, 0.15) is 28.6 Å². The number of rotatable bonds is 8. The van der Waals surface area contributed by atoms with Gasteiger partial charge in [0.1, 0.15) is 5.82 Å². The molecule has 0 saturated heterocycles. The van der Waals surface area contributed by atoms with E-state index >= 15 is 0 Å². The minimum Gasteiger partial charge on any atom is -0.322 e. The molecule has 35 heavy (non-hydrogen) atoms. The van der Waals surface area contributed by atoms with E-state index in [1.54, 1.807) is 24.5 Å². The van der Waals surface area contributed by atoms with Crippen LogP contribution in [0.2, 0.25) is 0 Å². The first-order valence-electron chi connectivity index (χ1n) is 11.5. The first-order chi connectivity index (χ1) is 17.0. The number of nitrogens with zero attached hydrogens (tertiary/aromatic N) is 3. The van der Waals surface area contributed by atoms with E-state index in [1.165, 1.54) is 0 Å². The van der Waals surface area contributed by atoms with Crippen molar-refractivity contribution in [1.82, 2.24) is 19.3 Å². The van der Waals surface area contributed by atoms with Crippen molar-refractivity contribution in [2.24, 2.45) is 0 Å². The Morgan fingerprint density at radius 3 is 2.26 bits per heavy atom. The molecule has 0 amide bonds. The first-order valence-corrected chi connectivity index (χ1v) is 12.9. The Labute approximate surface area is 205 Å². The standard InChI is InChI=1S/C28H26N4O2S/c1-21-30-26-16-17-29-19-28(26)32(21)20-23-12-14-25(15-13-23)35(33,34)31-27(24-10-6-3-7-11-24)18-22-8-4-2-5-9-22/h2-17,19,27,31H,18,20H2,1H3. The zero-order valence-corrected chi connectivity index (χ0v) is 20.2. The number of benzene rings is 3. The molecule has 0 bridgehead atoms. The third-order valence-corrected chi connectivity index (χ3v) is 7.59. The molecule has 1 unspecified atom stereocenters. The average Bonchev–Trinajstić information content (AvgIpc) is 3.20. The van der Waals surface area contributed by atoms with Gasteiger partial charge in [0, 0.05) is 12.7 Å². The molecule has 3 aromatic carbocycles. The highest BCUT2D eigenvalue weighted by molar-refractivity contribution is 7.89. The molecule has 176 valence electrons. The second-order valence-electron chi connectivity index (χ2n) is 8.53. The summed E-state index contributed by atoms with van der Waals surface area (Å²) in [4.78, 5) is 9.03. The number of hydrogen-bond donors (Lipinski definition) is 1. The molecule has 0 radical (unpaired) electrons. The smallest absolute Gasteiger partial charge is 0.241 e. The number of aryl methyl sites for hydroxylation is 1. The lowest BCUT2D eigenvalue weighted by atomic mass is 10.00. The normalized spacial score (nSPS) is 12.6. The summed E-state index contributed by atoms with van der Waals surface area (Å²) in [7, 11) is -3.73. The summed E-state index contributed by atoms with van der Waals surface area (Å²) in [5, 5.41) is 0. The summed E-state index contributed by atoms with van der Waals surface area (Å²) >= 11 is 0. The predicted molar refractivity (Wildman–Crippen MR) is 137 cm³/mol. The van der Waals surface area contributed by atoms with Crippen molar-refractivity contribution < 1.29 is 8.42 Å². The number of pyridine rings is 1. The Bertz CT molecular complexity index is 1530. The molecule has 5 aromatic rings. The largest absolute Gasteiger partial charge is 0.322 e. The van der Waals surface area contributed by atoms with Crippen LogP contribution in [0.25, 0.3) is 11.0 Å². The fourth-order valence-electron chi connectivity index (χ4n) is 4.26. The summed E-state index contributed by atoms with van der Waals surface area (Å²) in [6.07, 6.45) is 4.09. The fourth-order valence-corrected chi connectivity index (χ4v) is 5.49. The molecule has 7 heteroatoms. The summed E-state index contributed by atoms with van der Waals surface area (Å²) in [5.41, 5.74) is 4.82. The van der Waals surface area contributed by atoms with Crippen LogP contribution in [0.15, 0.2) is 108 Å². The number of hydrogen-bond acceptors (Lipinski definition) is 4. The molecule has 0 aliphatic heterocycles. The Morgan fingerprint density at radius 1 is 0.857 bits per heavy atom. The van der Waals surface area contributed by atoms with Gasteiger partial charge in [-0.15, -0.1) is 0 Å². The van der Waals surface area contributed by atoms with Crippen LogP contribution in [0.5, 0.6) is 0 Å². The zero-order valence-electron chi connectivity index (χ0n) is 19.4. The van der Waals surface area contributed by atoms with E-state index in [2.05, 4.69) is 19.3 Å². The van der Waals surface area contributed by atoms with E-state index in [4.69, 9.17) is 0 Å². The first kappa shape index (κ1) is 23.0. The Morgan fingerprint density at radius 2 is 1.54 bits per heavy atom. The SMILES string of the molecule is Cc1nc2ccncc2n1Cc1ccc(S(=O)(=O)NC(Cc2ccccc2)c2ccccc2)cc1. The van der Waals surface area contributed by atoms with Crippen LogP contribution in [0, 0.1) is 6.92 Å². The van der Waals surface area contributed by atoms with Crippen LogP contribution in [0.4, 0.5) is 0 Å². The minimum absolute atomic E-state index is 0.240. The molecule has 0 fully saturated rings. The second kappa shape index (κ2) is 9.82. The van der Waals surface area contributed by atoms with E-state index in [1.807, 2.05) is 85.8 Å². The number of imidazole rings is 1. The minimum atomic E-state index is -3.73. The predicted octanol–water partition coefficient (Wildman–Crippen LogP) is 5.05. The molecule has 0 saturated carbocycles. The summed E-state index contributed by atoms with van der Waals surface area (Å²) in [6, 6.07) is 28.1. The summed E-state index contributed by atoms with van der Waals surface area (Å²) in [5.74, 6) is 0.887. The van der Waals surface area contributed by atoms with Crippen LogP contribution in [0.3, 0.4) is 0 Å². The maximum Gasteiger partial charge on any atom is 0.241 e. The van der Waals surface area contributed by atoms with Crippen molar-refractivity contribution in [3.8, 4) is 0 Å². The Balaban J connectivity index is 1.38. The number of nitrogens with one attached hydrogen (secondary N) is 1. The van der Waals surface area contributed by atoms with Gasteiger partial charge in [-0.25, -0.2) is 18.1 Å².